The number of hydrogen-bond donors (Lipinski definition) is 1. The number of hydrogen-bond acceptors (Lipinski definition) is 2. The molecule has 0 bridgehead atoms. The molecule has 0 saturated carbocycles. The third-order valence-electron chi connectivity index (χ3n) is 3.79. The summed E-state index contributed by atoms with van der Waals surface area (Å²) in [5, 5.41) is 7.28. The largest absolute Gasteiger partial charge is 0.301 e. The molecule has 1 aliphatic rings. The van der Waals surface area contributed by atoms with Gasteiger partial charge in [-0.15, -0.1) is 0 Å². The van der Waals surface area contributed by atoms with Gasteiger partial charge in [-0.05, 0) is 30.5 Å². The molecule has 0 aliphatic carbocycles. The summed E-state index contributed by atoms with van der Waals surface area (Å²) >= 11 is 0. The Labute approximate surface area is 111 Å². The first-order valence-electron chi connectivity index (χ1n) is 6.47. The van der Waals surface area contributed by atoms with Gasteiger partial charge < -0.3 is 5.32 Å². The number of benzene rings is 1. The Kier molecular flexibility index (Phi) is 3.85. The number of carbonyl (C=O) groups is 1. The number of carbonyl (C=O) groups excluding carboxylic acids is 1. The third-order valence-corrected chi connectivity index (χ3v) is 3.79. The van der Waals surface area contributed by atoms with Crippen molar-refractivity contribution in [3.05, 3.63) is 35.4 Å². The lowest BCUT2D eigenvalue weighted by Gasteiger charge is -2.38. The number of nitrogens with one attached hydrogen (secondary N) is 1. The molecule has 1 fully saturated rings. The Hall–Kier alpha value is -1.49. The van der Waals surface area contributed by atoms with Crippen molar-refractivity contribution in [2.75, 3.05) is 6.54 Å². The quantitative estimate of drug-likeness (QED) is 0.913. The lowest BCUT2D eigenvalue weighted by atomic mass is 9.87. The molecule has 1 atom stereocenters. The molecular formula is C14H17F2N2O. The van der Waals surface area contributed by atoms with Crippen LogP contribution in [0.1, 0.15) is 38.3 Å². The second kappa shape index (κ2) is 5.25. The van der Waals surface area contributed by atoms with Crippen LogP contribution in [-0.4, -0.2) is 18.0 Å². The van der Waals surface area contributed by atoms with Crippen LogP contribution in [0.4, 0.5) is 8.78 Å². The molecule has 3 nitrogen and oxygen atoms in total. The van der Waals surface area contributed by atoms with Crippen LogP contribution < -0.4 is 10.6 Å². The fourth-order valence-electron chi connectivity index (χ4n) is 2.44. The average molecular weight is 267 g/mol. The lowest BCUT2D eigenvalue weighted by Crippen LogP contribution is -2.60. The van der Waals surface area contributed by atoms with Crippen LogP contribution in [-0.2, 0) is 4.79 Å². The van der Waals surface area contributed by atoms with Gasteiger partial charge in [0.25, 0.3) is 5.91 Å². The molecule has 1 aromatic carbocycles. The molecule has 1 saturated heterocycles. The van der Waals surface area contributed by atoms with Gasteiger partial charge in [0.2, 0.25) is 0 Å². The monoisotopic (exact) mass is 267 g/mol. The number of halogens is 2. The van der Waals surface area contributed by atoms with Gasteiger partial charge in [0, 0.05) is 12.6 Å². The molecule has 1 radical (unpaired) electrons. The molecule has 1 aliphatic heterocycles. The zero-order chi connectivity index (χ0) is 14.0. The van der Waals surface area contributed by atoms with E-state index >= 15 is 0 Å². The smallest absolute Gasteiger partial charge is 0.262 e. The van der Waals surface area contributed by atoms with Gasteiger partial charge in [-0.3, -0.25) is 4.79 Å². The number of amides is 1. The van der Waals surface area contributed by atoms with E-state index in [9.17, 15) is 13.6 Å². The molecule has 1 aromatic rings. The minimum atomic E-state index is -0.652. The van der Waals surface area contributed by atoms with Gasteiger partial charge in [0.05, 0.1) is 11.6 Å². The summed E-state index contributed by atoms with van der Waals surface area (Å²) in [5.74, 6) is -1.54. The van der Waals surface area contributed by atoms with E-state index < -0.39 is 23.2 Å². The Morgan fingerprint density at radius 2 is 1.84 bits per heavy atom. The second-order valence-electron chi connectivity index (χ2n) is 4.82. The molecule has 0 unspecified atom stereocenters. The highest BCUT2D eigenvalue weighted by atomic mass is 19.1. The van der Waals surface area contributed by atoms with Crippen LogP contribution in [0.3, 0.4) is 0 Å². The van der Waals surface area contributed by atoms with Crippen molar-refractivity contribution in [2.24, 2.45) is 0 Å². The zero-order valence-electron chi connectivity index (χ0n) is 11.0. The predicted molar refractivity (Wildman–Crippen MR) is 67.6 cm³/mol. The topological polar surface area (TPSA) is 43.2 Å². The van der Waals surface area contributed by atoms with E-state index in [-0.39, 0.29) is 5.91 Å². The summed E-state index contributed by atoms with van der Waals surface area (Å²) < 4.78 is 26.4. The first-order chi connectivity index (χ1) is 9.00. The molecule has 19 heavy (non-hydrogen) atoms. The molecule has 0 spiro atoms. The zero-order valence-corrected chi connectivity index (χ0v) is 11.0. The Bertz CT molecular complexity index is 466. The van der Waals surface area contributed by atoms with Gasteiger partial charge in [-0.2, -0.15) is 0 Å². The molecule has 103 valence electrons. The number of piperazine rings is 1. The summed E-state index contributed by atoms with van der Waals surface area (Å²) in [5.41, 5.74) is -0.235. The predicted octanol–water partition coefficient (Wildman–Crippen LogP) is 2.30. The van der Waals surface area contributed by atoms with Crippen LogP contribution >= 0.6 is 0 Å². The van der Waals surface area contributed by atoms with Crippen molar-refractivity contribution in [2.45, 2.75) is 38.3 Å². The third kappa shape index (κ3) is 2.61. The highest BCUT2D eigenvalue weighted by Crippen LogP contribution is 2.26. The fourth-order valence-corrected chi connectivity index (χ4v) is 2.44. The van der Waals surface area contributed by atoms with E-state index in [4.69, 9.17) is 0 Å². The van der Waals surface area contributed by atoms with Gasteiger partial charge in [0.1, 0.15) is 11.6 Å². The summed E-state index contributed by atoms with van der Waals surface area (Å²) in [6, 6.07) is 2.72. The van der Waals surface area contributed by atoms with E-state index in [1.807, 2.05) is 13.8 Å². The van der Waals surface area contributed by atoms with Gasteiger partial charge >= 0.3 is 0 Å². The van der Waals surface area contributed by atoms with Crippen LogP contribution in [0.25, 0.3) is 0 Å². The number of rotatable bonds is 3. The Morgan fingerprint density at radius 1 is 1.26 bits per heavy atom. The maximum Gasteiger partial charge on any atom is 0.262 e. The van der Waals surface area contributed by atoms with Gasteiger partial charge in [0.15, 0.2) is 0 Å². The molecule has 1 heterocycles. The molecule has 1 amide bonds. The maximum atomic E-state index is 13.2. The first-order valence-corrected chi connectivity index (χ1v) is 6.47. The average Bonchev–Trinajstić information content (AvgIpc) is 2.38. The van der Waals surface area contributed by atoms with Crippen LogP contribution in [0.2, 0.25) is 0 Å². The van der Waals surface area contributed by atoms with E-state index in [0.717, 1.165) is 6.07 Å². The minimum absolute atomic E-state index is 0.238. The summed E-state index contributed by atoms with van der Waals surface area (Å²) in [6.07, 6.45) is 1.30. The molecule has 1 N–H and O–H groups in total. The van der Waals surface area contributed by atoms with Crippen molar-refractivity contribution in [1.29, 1.82) is 0 Å². The van der Waals surface area contributed by atoms with Gasteiger partial charge in [-0.1, -0.05) is 13.8 Å². The van der Waals surface area contributed by atoms with Crippen LogP contribution in [0, 0.1) is 11.6 Å². The van der Waals surface area contributed by atoms with E-state index in [2.05, 4.69) is 10.6 Å². The summed E-state index contributed by atoms with van der Waals surface area (Å²) in [7, 11) is 0. The molecule has 0 aromatic heterocycles. The van der Waals surface area contributed by atoms with Crippen molar-refractivity contribution in [3.8, 4) is 0 Å². The molecule has 2 rings (SSSR count). The maximum absolute atomic E-state index is 13.2. The summed E-state index contributed by atoms with van der Waals surface area (Å²) in [4.78, 5) is 12.1. The lowest BCUT2D eigenvalue weighted by molar-refractivity contribution is -0.131. The SMILES string of the molecule is CCC1(CC)NC[C@@H](c2cc(F)cc(F)c2)[N]C1=O. The van der Waals surface area contributed by atoms with E-state index in [1.165, 1.54) is 12.1 Å². The minimum Gasteiger partial charge on any atom is -0.301 e. The number of nitrogens with zero attached hydrogens (tertiary/aromatic N) is 1. The van der Waals surface area contributed by atoms with E-state index in [0.29, 0.717) is 24.9 Å². The van der Waals surface area contributed by atoms with Crippen molar-refractivity contribution in [1.82, 2.24) is 10.6 Å². The van der Waals surface area contributed by atoms with Crippen LogP contribution in [0.15, 0.2) is 18.2 Å². The van der Waals surface area contributed by atoms with Gasteiger partial charge in [-0.25, -0.2) is 14.1 Å². The fraction of sp³-hybridized carbons (Fsp3) is 0.500. The highest BCUT2D eigenvalue weighted by molar-refractivity contribution is 5.87. The van der Waals surface area contributed by atoms with Crippen molar-refractivity contribution in [3.63, 3.8) is 0 Å². The Balaban J connectivity index is 2.20. The highest BCUT2D eigenvalue weighted by Gasteiger charge is 2.41. The van der Waals surface area contributed by atoms with Crippen molar-refractivity contribution >= 4 is 5.91 Å². The summed E-state index contributed by atoms with van der Waals surface area (Å²) in [6.45, 7) is 4.26. The second-order valence-corrected chi connectivity index (χ2v) is 4.82. The standard InChI is InChI=1S/C14H17F2N2O/c1-3-14(4-2)13(19)18-12(8-17-14)9-5-10(15)7-11(16)6-9/h5-7,12,17H,3-4,8H2,1-2H3/t12-/m0/s1. The normalized spacial score (nSPS) is 22.1. The Morgan fingerprint density at radius 3 is 2.32 bits per heavy atom. The van der Waals surface area contributed by atoms with Crippen molar-refractivity contribution < 1.29 is 13.6 Å². The van der Waals surface area contributed by atoms with E-state index in [1.54, 1.807) is 0 Å². The molecular weight excluding hydrogens is 250 g/mol. The molecule has 5 heteroatoms. The first kappa shape index (κ1) is 13.9. The van der Waals surface area contributed by atoms with Crippen LogP contribution in [0.5, 0.6) is 0 Å².